The van der Waals surface area contributed by atoms with Crippen LogP contribution >= 0.6 is 11.8 Å². The summed E-state index contributed by atoms with van der Waals surface area (Å²) in [6, 6.07) is 0. The van der Waals surface area contributed by atoms with Gasteiger partial charge in [0.25, 0.3) is 0 Å². The molecule has 2 rings (SSSR count). The minimum Gasteiger partial charge on any atom is -0.294 e. The number of carbonyl (C=O) groups is 1. The van der Waals surface area contributed by atoms with Gasteiger partial charge in [-0.1, -0.05) is 13.3 Å². The Kier molecular flexibility index (Phi) is 7.11. The average Bonchev–Trinajstić information content (AvgIpc) is 2.52. The zero-order valence-corrected chi connectivity index (χ0v) is 14.3. The van der Waals surface area contributed by atoms with E-state index in [2.05, 4.69) is 24.2 Å². The van der Waals surface area contributed by atoms with E-state index in [9.17, 15) is 4.79 Å². The van der Waals surface area contributed by atoms with Crippen molar-refractivity contribution >= 4 is 17.5 Å². The Morgan fingerprint density at radius 3 is 2.81 bits per heavy atom. The van der Waals surface area contributed by atoms with Crippen LogP contribution in [-0.4, -0.2) is 23.9 Å². The molecule has 1 aliphatic carbocycles. The molecular formula is C17H29NO2S. The van der Waals surface area contributed by atoms with E-state index in [4.69, 9.17) is 4.84 Å². The van der Waals surface area contributed by atoms with E-state index in [0.717, 1.165) is 42.9 Å². The maximum atomic E-state index is 12.6. The molecule has 0 radical (unpaired) electrons. The van der Waals surface area contributed by atoms with Crippen molar-refractivity contribution in [2.45, 2.75) is 58.8 Å². The van der Waals surface area contributed by atoms with Gasteiger partial charge < -0.3 is 0 Å². The van der Waals surface area contributed by atoms with E-state index in [1.165, 1.54) is 30.8 Å². The second-order valence-corrected chi connectivity index (χ2v) is 7.30. The third-order valence-electron chi connectivity index (χ3n) is 4.62. The molecule has 0 bridgehead atoms. The maximum Gasteiger partial charge on any atom is 0.160 e. The van der Waals surface area contributed by atoms with Crippen LogP contribution in [0, 0.1) is 11.8 Å². The number of Topliss-reactive ketones (excluding diaryl/α,β-unsaturated/α-hetero) is 1. The average molecular weight is 311 g/mol. The lowest BCUT2D eigenvalue weighted by Crippen LogP contribution is -2.30. The smallest absolute Gasteiger partial charge is 0.160 e. The minimum atomic E-state index is 0.359. The van der Waals surface area contributed by atoms with Crippen molar-refractivity contribution in [2.75, 3.05) is 18.1 Å². The SMILES string of the molecule is CCCC(NOCC)=C1CCC(C2CCCSC2)CC1=O. The minimum absolute atomic E-state index is 0.359. The molecule has 21 heavy (non-hydrogen) atoms. The van der Waals surface area contributed by atoms with E-state index >= 15 is 0 Å². The van der Waals surface area contributed by atoms with Crippen molar-refractivity contribution in [1.82, 2.24) is 5.48 Å². The predicted molar refractivity (Wildman–Crippen MR) is 89.1 cm³/mol. The molecule has 2 fully saturated rings. The highest BCUT2D eigenvalue weighted by Gasteiger charge is 2.32. The van der Waals surface area contributed by atoms with E-state index in [-0.39, 0.29) is 0 Å². The van der Waals surface area contributed by atoms with Crippen molar-refractivity contribution in [2.24, 2.45) is 11.8 Å². The number of carbonyl (C=O) groups excluding carboxylic acids is 1. The van der Waals surface area contributed by atoms with Crippen molar-refractivity contribution in [3.05, 3.63) is 11.3 Å². The van der Waals surface area contributed by atoms with Crippen LogP contribution in [0.25, 0.3) is 0 Å². The zero-order valence-electron chi connectivity index (χ0n) is 13.5. The number of hydrogen-bond donors (Lipinski definition) is 1. The lowest BCUT2D eigenvalue weighted by Gasteiger charge is -2.33. The number of nitrogens with one attached hydrogen (secondary N) is 1. The van der Waals surface area contributed by atoms with Gasteiger partial charge in [-0.05, 0) is 62.4 Å². The van der Waals surface area contributed by atoms with Crippen LogP contribution in [0.15, 0.2) is 11.3 Å². The Labute approximate surface area is 133 Å². The summed E-state index contributed by atoms with van der Waals surface area (Å²) in [7, 11) is 0. The van der Waals surface area contributed by atoms with E-state index in [1.54, 1.807) is 0 Å². The van der Waals surface area contributed by atoms with Crippen molar-refractivity contribution in [1.29, 1.82) is 0 Å². The fraction of sp³-hybridized carbons (Fsp3) is 0.824. The number of thioether (sulfide) groups is 1. The highest BCUT2D eigenvalue weighted by Crippen LogP contribution is 2.38. The Balaban J connectivity index is 1.98. The summed E-state index contributed by atoms with van der Waals surface area (Å²) in [4.78, 5) is 17.9. The van der Waals surface area contributed by atoms with Gasteiger partial charge in [0.2, 0.25) is 0 Å². The van der Waals surface area contributed by atoms with Gasteiger partial charge in [0.1, 0.15) is 0 Å². The molecule has 1 saturated carbocycles. The molecule has 120 valence electrons. The first-order valence-electron chi connectivity index (χ1n) is 8.47. The molecule has 2 unspecified atom stereocenters. The molecule has 0 amide bonds. The molecule has 0 aromatic carbocycles. The lowest BCUT2D eigenvalue weighted by atomic mass is 9.76. The fourth-order valence-electron chi connectivity index (χ4n) is 3.46. The molecule has 0 aromatic heterocycles. The van der Waals surface area contributed by atoms with Crippen molar-refractivity contribution < 1.29 is 9.63 Å². The van der Waals surface area contributed by atoms with Crippen LogP contribution in [-0.2, 0) is 9.63 Å². The largest absolute Gasteiger partial charge is 0.294 e. The molecule has 1 heterocycles. The second-order valence-electron chi connectivity index (χ2n) is 6.15. The molecule has 1 saturated heterocycles. The first-order valence-corrected chi connectivity index (χ1v) is 9.62. The number of hydrogen-bond acceptors (Lipinski definition) is 4. The third-order valence-corrected chi connectivity index (χ3v) is 5.86. The van der Waals surface area contributed by atoms with Gasteiger partial charge in [0.05, 0.1) is 6.61 Å². The molecule has 3 nitrogen and oxygen atoms in total. The Bertz CT molecular complexity index is 375. The van der Waals surface area contributed by atoms with Crippen LogP contribution in [0.2, 0.25) is 0 Å². The van der Waals surface area contributed by atoms with Gasteiger partial charge in [-0.25, -0.2) is 0 Å². The van der Waals surface area contributed by atoms with Crippen LogP contribution in [0.3, 0.4) is 0 Å². The van der Waals surface area contributed by atoms with Gasteiger partial charge in [0, 0.05) is 17.7 Å². The van der Waals surface area contributed by atoms with Crippen LogP contribution < -0.4 is 5.48 Å². The number of allylic oxidation sites excluding steroid dienone is 2. The Hall–Kier alpha value is -0.480. The first-order chi connectivity index (χ1) is 10.3. The van der Waals surface area contributed by atoms with Crippen molar-refractivity contribution in [3.8, 4) is 0 Å². The van der Waals surface area contributed by atoms with Crippen LogP contribution in [0.1, 0.15) is 58.8 Å². The van der Waals surface area contributed by atoms with Crippen LogP contribution in [0.5, 0.6) is 0 Å². The molecule has 2 aliphatic rings. The summed E-state index contributed by atoms with van der Waals surface area (Å²) in [6.45, 7) is 4.72. The zero-order chi connectivity index (χ0) is 15.1. The summed E-state index contributed by atoms with van der Waals surface area (Å²) in [5.41, 5.74) is 5.05. The topological polar surface area (TPSA) is 38.3 Å². The van der Waals surface area contributed by atoms with Gasteiger partial charge in [0.15, 0.2) is 5.78 Å². The molecule has 4 heteroatoms. The van der Waals surface area contributed by atoms with Gasteiger partial charge >= 0.3 is 0 Å². The quantitative estimate of drug-likeness (QED) is 0.592. The summed E-state index contributed by atoms with van der Waals surface area (Å²) in [5, 5.41) is 0. The number of ketones is 1. The van der Waals surface area contributed by atoms with E-state index in [1.807, 2.05) is 6.92 Å². The molecule has 1 N–H and O–H groups in total. The summed E-state index contributed by atoms with van der Waals surface area (Å²) < 4.78 is 0. The highest BCUT2D eigenvalue weighted by molar-refractivity contribution is 7.99. The fourth-order valence-corrected chi connectivity index (χ4v) is 4.74. The molecule has 1 aliphatic heterocycles. The van der Waals surface area contributed by atoms with E-state index < -0.39 is 0 Å². The van der Waals surface area contributed by atoms with Crippen LogP contribution in [0.4, 0.5) is 0 Å². The van der Waals surface area contributed by atoms with Gasteiger partial charge in [-0.3, -0.25) is 15.1 Å². The predicted octanol–water partition coefficient (Wildman–Crippen LogP) is 4.09. The highest BCUT2D eigenvalue weighted by atomic mass is 32.2. The Morgan fingerprint density at radius 1 is 1.33 bits per heavy atom. The van der Waals surface area contributed by atoms with E-state index in [0.29, 0.717) is 18.3 Å². The first kappa shape index (κ1) is 16.9. The number of hydroxylamine groups is 1. The normalized spacial score (nSPS) is 29.3. The molecule has 0 spiro atoms. The van der Waals surface area contributed by atoms with Gasteiger partial charge in [-0.15, -0.1) is 0 Å². The lowest BCUT2D eigenvalue weighted by molar-refractivity contribution is -0.118. The monoisotopic (exact) mass is 311 g/mol. The molecule has 2 atom stereocenters. The third kappa shape index (κ3) is 4.75. The van der Waals surface area contributed by atoms with Crippen molar-refractivity contribution in [3.63, 3.8) is 0 Å². The second kappa shape index (κ2) is 8.84. The number of rotatable bonds is 6. The van der Waals surface area contributed by atoms with Gasteiger partial charge in [-0.2, -0.15) is 11.8 Å². The Morgan fingerprint density at radius 2 is 2.19 bits per heavy atom. The summed E-state index contributed by atoms with van der Waals surface area (Å²) >= 11 is 2.07. The maximum absolute atomic E-state index is 12.6. The standard InChI is InChI=1S/C17H29NO2S/c1-3-6-16(18-20-4-2)15-9-8-13(11-17(15)19)14-7-5-10-21-12-14/h13-14,18H,3-12H2,1-2H3. The molecular weight excluding hydrogens is 282 g/mol. The molecule has 0 aromatic rings. The summed E-state index contributed by atoms with van der Waals surface area (Å²) in [6.07, 6.45) is 7.45. The summed E-state index contributed by atoms with van der Waals surface area (Å²) in [5.74, 6) is 4.31.